The minimum Gasteiger partial charge on any atom is -0.384 e. The van der Waals surface area contributed by atoms with E-state index in [-0.39, 0.29) is 10.9 Å². The van der Waals surface area contributed by atoms with Gasteiger partial charge in [0, 0.05) is 35.4 Å². The molecule has 1 aromatic heterocycles. The van der Waals surface area contributed by atoms with Crippen LogP contribution in [-0.2, 0) is 16.3 Å². The molecular formula is C31H29ClN4OS. The number of rotatable bonds is 6. The number of ketones is 1. The molecule has 2 N–H and O–H groups in total. The zero-order valence-corrected chi connectivity index (χ0v) is 23.1. The van der Waals surface area contributed by atoms with Crippen LogP contribution in [0.4, 0.5) is 5.69 Å². The number of allylic oxidation sites excluding steroid dienone is 3. The zero-order chi connectivity index (χ0) is 26.8. The summed E-state index contributed by atoms with van der Waals surface area (Å²) >= 11 is 8.33. The number of nitriles is 1. The molecule has 3 aromatic rings. The molecule has 0 amide bonds. The first-order valence-corrected chi connectivity index (χ1v) is 14.2. The SMILES string of the molecule is Cc1cc(CSCc2ccccc2)c(C)c(C2C(C#N)=C(N)N(c3cccnc3Cl)C3=C2C(=O)CCC3)c1. The predicted octanol–water partition coefficient (Wildman–Crippen LogP) is 7.09. The Kier molecular flexibility index (Phi) is 7.60. The summed E-state index contributed by atoms with van der Waals surface area (Å²) < 4.78 is 0. The van der Waals surface area contributed by atoms with E-state index in [9.17, 15) is 10.1 Å². The lowest BCUT2D eigenvalue weighted by molar-refractivity contribution is -0.116. The van der Waals surface area contributed by atoms with Gasteiger partial charge in [-0.3, -0.25) is 9.69 Å². The zero-order valence-electron chi connectivity index (χ0n) is 21.5. The maximum absolute atomic E-state index is 13.5. The minimum atomic E-state index is -0.507. The number of thioether (sulfide) groups is 1. The second kappa shape index (κ2) is 11.1. The number of halogens is 1. The topological polar surface area (TPSA) is 83.0 Å². The van der Waals surface area contributed by atoms with Crippen LogP contribution in [0.5, 0.6) is 0 Å². The third kappa shape index (κ3) is 4.84. The molecule has 2 aromatic carbocycles. The summed E-state index contributed by atoms with van der Waals surface area (Å²) in [5.74, 6) is 1.61. The van der Waals surface area contributed by atoms with Gasteiger partial charge in [0.15, 0.2) is 10.9 Å². The summed E-state index contributed by atoms with van der Waals surface area (Å²) in [4.78, 5) is 19.5. The van der Waals surface area contributed by atoms with Crippen molar-refractivity contribution in [2.75, 3.05) is 4.90 Å². The molecular weight excluding hydrogens is 512 g/mol. The number of nitrogens with two attached hydrogens (primary N) is 1. The van der Waals surface area contributed by atoms with E-state index in [1.54, 1.807) is 17.2 Å². The molecule has 1 aliphatic heterocycles. The molecule has 0 fully saturated rings. The number of hydrogen-bond donors (Lipinski definition) is 1. The molecule has 0 radical (unpaired) electrons. The van der Waals surface area contributed by atoms with Crippen molar-refractivity contribution in [1.82, 2.24) is 4.98 Å². The normalized spacial score (nSPS) is 17.5. The van der Waals surface area contributed by atoms with Gasteiger partial charge in [0.2, 0.25) is 0 Å². The average molecular weight is 541 g/mol. The molecule has 1 atom stereocenters. The van der Waals surface area contributed by atoms with Gasteiger partial charge < -0.3 is 5.73 Å². The third-order valence-corrected chi connectivity index (χ3v) is 8.62. The first-order valence-electron chi connectivity index (χ1n) is 12.7. The maximum Gasteiger partial charge on any atom is 0.161 e. The highest BCUT2D eigenvalue weighted by molar-refractivity contribution is 7.97. The van der Waals surface area contributed by atoms with Crippen molar-refractivity contribution in [3.05, 3.63) is 116 Å². The molecule has 0 saturated carbocycles. The lowest BCUT2D eigenvalue weighted by Gasteiger charge is -2.40. The van der Waals surface area contributed by atoms with Gasteiger partial charge >= 0.3 is 0 Å². The van der Waals surface area contributed by atoms with Crippen LogP contribution in [-0.4, -0.2) is 10.8 Å². The van der Waals surface area contributed by atoms with Crippen LogP contribution >= 0.6 is 23.4 Å². The van der Waals surface area contributed by atoms with Crippen LogP contribution < -0.4 is 10.6 Å². The molecule has 1 unspecified atom stereocenters. The molecule has 38 heavy (non-hydrogen) atoms. The van der Waals surface area contributed by atoms with Crippen LogP contribution in [0.15, 0.2) is 83.5 Å². The minimum absolute atomic E-state index is 0.0578. The molecule has 2 heterocycles. The van der Waals surface area contributed by atoms with Crippen molar-refractivity contribution in [3.63, 3.8) is 0 Å². The summed E-state index contributed by atoms with van der Waals surface area (Å²) in [7, 11) is 0. The van der Waals surface area contributed by atoms with Crippen LogP contribution in [0.1, 0.15) is 53.0 Å². The van der Waals surface area contributed by atoms with Crippen molar-refractivity contribution in [2.45, 2.75) is 50.5 Å². The quantitative estimate of drug-likeness (QED) is 0.336. The number of hydrogen-bond acceptors (Lipinski definition) is 6. The van der Waals surface area contributed by atoms with Gasteiger partial charge in [-0.05, 0) is 61.1 Å². The summed E-state index contributed by atoms with van der Waals surface area (Å²) in [6, 6.07) is 20.7. The number of anilines is 1. The Bertz CT molecular complexity index is 1510. The maximum atomic E-state index is 13.5. The smallest absolute Gasteiger partial charge is 0.161 e. The molecule has 5 nitrogen and oxygen atoms in total. The fraction of sp³-hybridized carbons (Fsp3) is 0.258. The highest BCUT2D eigenvalue weighted by Crippen LogP contribution is 2.48. The Balaban J connectivity index is 1.60. The number of carbonyl (C=O) groups is 1. The number of benzene rings is 2. The molecule has 1 aliphatic carbocycles. The van der Waals surface area contributed by atoms with Gasteiger partial charge in [0.05, 0.1) is 23.2 Å². The molecule has 0 spiro atoms. The van der Waals surface area contributed by atoms with Crippen LogP contribution in [0.2, 0.25) is 5.15 Å². The van der Waals surface area contributed by atoms with Crippen molar-refractivity contribution in [2.24, 2.45) is 5.73 Å². The van der Waals surface area contributed by atoms with Gasteiger partial charge in [0.1, 0.15) is 5.82 Å². The lowest BCUT2D eigenvalue weighted by atomic mass is 9.73. The van der Waals surface area contributed by atoms with Gasteiger partial charge in [-0.2, -0.15) is 17.0 Å². The number of nitrogens with zero attached hydrogens (tertiary/aromatic N) is 3. The highest BCUT2D eigenvalue weighted by atomic mass is 35.5. The first-order chi connectivity index (χ1) is 18.4. The lowest BCUT2D eigenvalue weighted by Crippen LogP contribution is -2.39. The second-order valence-corrected chi connectivity index (χ2v) is 11.1. The van der Waals surface area contributed by atoms with Gasteiger partial charge in [-0.1, -0.05) is 59.6 Å². The van der Waals surface area contributed by atoms with E-state index in [2.05, 4.69) is 61.3 Å². The number of aryl methyl sites for hydroxylation is 1. The Labute approximate surface area is 233 Å². The highest BCUT2D eigenvalue weighted by Gasteiger charge is 2.41. The summed E-state index contributed by atoms with van der Waals surface area (Å²) in [6.07, 6.45) is 3.46. The van der Waals surface area contributed by atoms with Gasteiger partial charge in [0.25, 0.3) is 0 Å². The van der Waals surface area contributed by atoms with E-state index in [4.69, 9.17) is 17.3 Å². The van der Waals surface area contributed by atoms with Crippen molar-refractivity contribution in [3.8, 4) is 6.07 Å². The second-order valence-electron chi connectivity index (χ2n) is 9.75. The van der Waals surface area contributed by atoms with Crippen LogP contribution in [0.25, 0.3) is 0 Å². The molecule has 2 aliphatic rings. The number of Topliss-reactive ketones (excluding diaryl/α,β-unsaturated/α-hetero) is 1. The van der Waals surface area contributed by atoms with Crippen LogP contribution in [0.3, 0.4) is 0 Å². The average Bonchev–Trinajstić information content (AvgIpc) is 2.91. The van der Waals surface area contributed by atoms with Crippen molar-refractivity contribution >= 4 is 34.8 Å². The Hall–Kier alpha value is -3.53. The first kappa shape index (κ1) is 26.1. The Morgan fingerprint density at radius 3 is 2.66 bits per heavy atom. The van der Waals surface area contributed by atoms with Crippen molar-refractivity contribution < 1.29 is 4.79 Å². The molecule has 0 saturated heterocycles. The van der Waals surface area contributed by atoms with Gasteiger partial charge in [-0.15, -0.1) is 0 Å². The van der Waals surface area contributed by atoms with Crippen molar-refractivity contribution in [1.29, 1.82) is 5.26 Å². The van der Waals surface area contributed by atoms with E-state index < -0.39 is 5.92 Å². The van der Waals surface area contributed by atoms with E-state index in [0.717, 1.165) is 40.3 Å². The summed E-state index contributed by atoms with van der Waals surface area (Å²) in [6.45, 7) is 4.16. The molecule has 7 heteroatoms. The third-order valence-electron chi connectivity index (χ3n) is 7.27. The predicted molar refractivity (Wildman–Crippen MR) is 155 cm³/mol. The van der Waals surface area contributed by atoms with E-state index in [0.29, 0.717) is 35.5 Å². The van der Waals surface area contributed by atoms with E-state index in [1.807, 2.05) is 23.9 Å². The fourth-order valence-electron chi connectivity index (χ4n) is 5.48. The largest absolute Gasteiger partial charge is 0.384 e. The number of pyridine rings is 1. The van der Waals surface area contributed by atoms with E-state index >= 15 is 0 Å². The standard InChI is InChI=1S/C31H29ClN4OS/c1-19-14-22(18-38-17-21-8-4-3-5-9-21)20(2)23(15-19)28-24(16-33)31(34)36(26-11-7-13-35-30(26)32)25-10-6-12-27(37)29(25)28/h3-5,7-9,11,13-15,28H,6,10,12,17-18,34H2,1-2H3. The van der Waals surface area contributed by atoms with Gasteiger partial charge in [-0.25, -0.2) is 4.98 Å². The number of carbonyl (C=O) groups excluding carboxylic acids is 1. The molecule has 0 bridgehead atoms. The Morgan fingerprint density at radius 1 is 1.13 bits per heavy atom. The van der Waals surface area contributed by atoms with Crippen LogP contribution in [0, 0.1) is 25.2 Å². The fourth-order valence-corrected chi connectivity index (χ4v) is 6.74. The summed E-state index contributed by atoms with van der Waals surface area (Å²) in [5, 5.41) is 10.7. The van der Waals surface area contributed by atoms with E-state index in [1.165, 1.54) is 11.1 Å². The molecule has 5 rings (SSSR count). The monoisotopic (exact) mass is 540 g/mol. The summed E-state index contributed by atoms with van der Waals surface area (Å²) in [5.41, 5.74) is 14.8. The Morgan fingerprint density at radius 2 is 1.92 bits per heavy atom. The number of aromatic nitrogens is 1. The molecule has 192 valence electrons.